The SMILES string of the molecule is Cn1nc(Br)c2c(NCc3nccc(N)n3)ncnc21. The molecule has 3 aromatic heterocycles. The molecule has 0 unspecified atom stereocenters. The molecule has 0 radical (unpaired) electrons. The summed E-state index contributed by atoms with van der Waals surface area (Å²) in [6, 6.07) is 1.64. The standard InChI is InChI=1S/C11H11BrN8/c1-20-11-8(9(12)19-20)10(16-5-17-11)15-4-7-14-3-2-6(13)18-7/h2-3,5H,4H2,1H3,(H2,13,14,18)(H,15,16,17). The van der Waals surface area contributed by atoms with Gasteiger partial charge in [-0.25, -0.2) is 24.6 Å². The number of hydrogen-bond acceptors (Lipinski definition) is 7. The van der Waals surface area contributed by atoms with Crippen molar-refractivity contribution < 1.29 is 0 Å². The van der Waals surface area contributed by atoms with Gasteiger partial charge in [0.05, 0.1) is 11.9 Å². The molecule has 102 valence electrons. The molecule has 0 atom stereocenters. The van der Waals surface area contributed by atoms with E-state index in [-0.39, 0.29) is 0 Å². The quantitative estimate of drug-likeness (QED) is 0.738. The van der Waals surface area contributed by atoms with Gasteiger partial charge in [-0.3, -0.25) is 0 Å². The molecule has 0 aliphatic heterocycles. The lowest BCUT2D eigenvalue weighted by molar-refractivity contribution is 0.777. The molecule has 0 amide bonds. The first kappa shape index (κ1) is 12.7. The topological polar surface area (TPSA) is 107 Å². The molecule has 3 aromatic rings. The Hall–Kier alpha value is -2.29. The van der Waals surface area contributed by atoms with E-state index >= 15 is 0 Å². The monoisotopic (exact) mass is 334 g/mol. The molecule has 3 N–H and O–H groups in total. The lowest BCUT2D eigenvalue weighted by Gasteiger charge is -2.05. The Balaban J connectivity index is 1.91. The second-order valence-electron chi connectivity index (χ2n) is 4.09. The Morgan fingerprint density at radius 1 is 1.35 bits per heavy atom. The van der Waals surface area contributed by atoms with Gasteiger partial charge in [0, 0.05) is 13.2 Å². The van der Waals surface area contributed by atoms with Crippen LogP contribution in [0.5, 0.6) is 0 Å². The van der Waals surface area contributed by atoms with Gasteiger partial charge in [0.2, 0.25) is 0 Å². The van der Waals surface area contributed by atoms with Crippen molar-refractivity contribution in [3.8, 4) is 0 Å². The van der Waals surface area contributed by atoms with Crippen LogP contribution in [0.1, 0.15) is 5.82 Å². The molecule has 0 bridgehead atoms. The number of nitrogens with one attached hydrogen (secondary N) is 1. The van der Waals surface area contributed by atoms with Gasteiger partial charge >= 0.3 is 0 Å². The highest BCUT2D eigenvalue weighted by Crippen LogP contribution is 2.26. The second-order valence-corrected chi connectivity index (χ2v) is 4.84. The highest BCUT2D eigenvalue weighted by atomic mass is 79.9. The van der Waals surface area contributed by atoms with Crippen LogP contribution in [0.15, 0.2) is 23.2 Å². The van der Waals surface area contributed by atoms with Crippen LogP contribution in [-0.2, 0) is 13.6 Å². The number of rotatable bonds is 3. The van der Waals surface area contributed by atoms with E-state index < -0.39 is 0 Å². The van der Waals surface area contributed by atoms with E-state index in [0.717, 1.165) is 11.0 Å². The predicted molar refractivity (Wildman–Crippen MR) is 77.8 cm³/mol. The Bertz CT molecular complexity index is 768. The zero-order valence-electron chi connectivity index (χ0n) is 10.6. The smallest absolute Gasteiger partial charge is 0.164 e. The van der Waals surface area contributed by atoms with E-state index in [0.29, 0.717) is 28.6 Å². The van der Waals surface area contributed by atoms with Crippen molar-refractivity contribution in [3.63, 3.8) is 0 Å². The molecule has 20 heavy (non-hydrogen) atoms. The first-order chi connectivity index (χ1) is 9.65. The first-order valence-electron chi connectivity index (χ1n) is 5.79. The number of nitrogens with zero attached hydrogens (tertiary/aromatic N) is 6. The number of fused-ring (bicyclic) bond motifs is 1. The number of aryl methyl sites for hydroxylation is 1. The summed E-state index contributed by atoms with van der Waals surface area (Å²) >= 11 is 3.40. The third kappa shape index (κ3) is 2.27. The van der Waals surface area contributed by atoms with Crippen molar-refractivity contribution in [2.45, 2.75) is 6.54 Å². The Kier molecular flexibility index (Phi) is 3.18. The molecular formula is C11H11BrN8. The molecule has 0 aromatic carbocycles. The molecule has 9 heteroatoms. The molecular weight excluding hydrogens is 324 g/mol. The fourth-order valence-electron chi connectivity index (χ4n) is 1.84. The number of halogens is 1. The summed E-state index contributed by atoms with van der Waals surface area (Å²) < 4.78 is 2.37. The zero-order valence-corrected chi connectivity index (χ0v) is 12.2. The van der Waals surface area contributed by atoms with Crippen LogP contribution in [0, 0.1) is 0 Å². The lowest BCUT2D eigenvalue weighted by atomic mass is 10.4. The van der Waals surface area contributed by atoms with Crippen LogP contribution in [0.2, 0.25) is 0 Å². The van der Waals surface area contributed by atoms with Crippen LogP contribution >= 0.6 is 15.9 Å². The Labute approximate surface area is 122 Å². The highest BCUT2D eigenvalue weighted by Gasteiger charge is 2.13. The van der Waals surface area contributed by atoms with Gasteiger partial charge in [-0.15, -0.1) is 0 Å². The Morgan fingerprint density at radius 2 is 2.20 bits per heavy atom. The minimum absolute atomic E-state index is 0.415. The number of nitrogens with two attached hydrogens (primary N) is 1. The van der Waals surface area contributed by atoms with Gasteiger partial charge < -0.3 is 11.1 Å². The zero-order chi connectivity index (χ0) is 14.1. The molecule has 0 saturated carbocycles. The van der Waals surface area contributed by atoms with E-state index in [1.807, 2.05) is 7.05 Å². The first-order valence-corrected chi connectivity index (χ1v) is 6.59. The van der Waals surface area contributed by atoms with Gasteiger partial charge in [-0.2, -0.15) is 5.10 Å². The fraction of sp³-hybridized carbons (Fsp3) is 0.182. The van der Waals surface area contributed by atoms with Crippen molar-refractivity contribution in [2.24, 2.45) is 7.05 Å². The third-order valence-corrected chi connectivity index (χ3v) is 3.27. The fourth-order valence-corrected chi connectivity index (χ4v) is 2.44. The molecule has 0 fully saturated rings. The van der Waals surface area contributed by atoms with Crippen molar-refractivity contribution >= 4 is 38.6 Å². The van der Waals surface area contributed by atoms with Gasteiger partial charge in [0.15, 0.2) is 5.65 Å². The number of nitrogen functional groups attached to an aromatic ring is 1. The molecule has 0 aliphatic rings. The predicted octanol–water partition coefficient (Wildman–Crippen LogP) is 1.11. The number of aromatic nitrogens is 6. The highest BCUT2D eigenvalue weighted by molar-refractivity contribution is 9.10. The maximum Gasteiger partial charge on any atom is 0.164 e. The minimum Gasteiger partial charge on any atom is -0.384 e. The summed E-state index contributed by atoms with van der Waals surface area (Å²) in [7, 11) is 1.82. The van der Waals surface area contributed by atoms with Crippen molar-refractivity contribution in [2.75, 3.05) is 11.1 Å². The molecule has 0 spiro atoms. The number of anilines is 2. The molecule has 0 aliphatic carbocycles. The van der Waals surface area contributed by atoms with E-state index in [4.69, 9.17) is 5.73 Å². The average Bonchev–Trinajstić information content (AvgIpc) is 2.73. The Morgan fingerprint density at radius 3 is 3.00 bits per heavy atom. The summed E-state index contributed by atoms with van der Waals surface area (Å²) in [5.41, 5.74) is 6.36. The number of hydrogen-bond donors (Lipinski definition) is 2. The third-order valence-electron chi connectivity index (χ3n) is 2.72. The van der Waals surface area contributed by atoms with Crippen molar-refractivity contribution in [1.82, 2.24) is 29.7 Å². The van der Waals surface area contributed by atoms with E-state index in [2.05, 4.69) is 46.3 Å². The average molecular weight is 335 g/mol. The van der Waals surface area contributed by atoms with Crippen molar-refractivity contribution in [3.05, 3.63) is 29.0 Å². The second kappa shape index (κ2) is 5.00. The van der Waals surface area contributed by atoms with Gasteiger partial charge in [0.1, 0.15) is 28.4 Å². The van der Waals surface area contributed by atoms with Crippen LogP contribution in [0.25, 0.3) is 11.0 Å². The maximum absolute atomic E-state index is 5.62. The van der Waals surface area contributed by atoms with Crippen LogP contribution < -0.4 is 11.1 Å². The van der Waals surface area contributed by atoms with Crippen LogP contribution in [0.4, 0.5) is 11.6 Å². The van der Waals surface area contributed by atoms with Crippen LogP contribution in [0.3, 0.4) is 0 Å². The van der Waals surface area contributed by atoms with Gasteiger partial charge in [-0.1, -0.05) is 0 Å². The van der Waals surface area contributed by atoms with Gasteiger partial charge in [-0.05, 0) is 22.0 Å². The van der Waals surface area contributed by atoms with E-state index in [1.165, 1.54) is 6.33 Å². The van der Waals surface area contributed by atoms with Gasteiger partial charge in [0.25, 0.3) is 0 Å². The van der Waals surface area contributed by atoms with E-state index in [9.17, 15) is 0 Å². The molecule has 3 heterocycles. The van der Waals surface area contributed by atoms with Crippen molar-refractivity contribution in [1.29, 1.82) is 0 Å². The summed E-state index contributed by atoms with van der Waals surface area (Å²) in [6.45, 7) is 0.415. The van der Waals surface area contributed by atoms with E-state index in [1.54, 1.807) is 16.9 Å². The maximum atomic E-state index is 5.62. The largest absolute Gasteiger partial charge is 0.384 e. The summed E-state index contributed by atoms with van der Waals surface area (Å²) in [4.78, 5) is 16.7. The summed E-state index contributed by atoms with van der Waals surface area (Å²) in [6.07, 6.45) is 3.11. The molecule has 3 rings (SSSR count). The summed E-state index contributed by atoms with van der Waals surface area (Å²) in [5, 5.41) is 8.25. The summed E-state index contributed by atoms with van der Waals surface area (Å²) in [5.74, 6) is 1.70. The molecule has 0 saturated heterocycles. The minimum atomic E-state index is 0.415. The lowest BCUT2D eigenvalue weighted by Crippen LogP contribution is -2.07. The van der Waals surface area contributed by atoms with Crippen LogP contribution in [-0.4, -0.2) is 29.7 Å². The molecule has 8 nitrogen and oxygen atoms in total. The normalized spacial score (nSPS) is 10.9.